The Hall–Kier alpha value is -2.70. The fourth-order valence-corrected chi connectivity index (χ4v) is 3.68. The van der Waals surface area contributed by atoms with E-state index in [0.717, 1.165) is 63.4 Å². The van der Waals surface area contributed by atoms with Gasteiger partial charge in [0.2, 0.25) is 6.41 Å². The van der Waals surface area contributed by atoms with Crippen LogP contribution < -0.4 is 15.5 Å². The number of rotatable bonds is 13. The monoisotopic (exact) mass is 438 g/mol. The molecule has 2 aromatic rings. The van der Waals surface area contributed by atoms with Gasteiger partial charge in [0.25, 0.3) is 0 Å². The van der Waals surface area contributed by atoms with Crippen LogP contribution in [0.25, 0.3) is 6.08 Å². The minimum absolute atomic E-state index is 0.535. The van der Waals surface area contributed by atoms with E-state index in [2.05, 4.69) is 45.3 Å². The predicted molar refractivity (Wildman–Crippen MR) is 133 cm³/mol. The number of pyridine rings is 1. The van der Waals surface area contributed by atoms with E-state index in [0.29, 0.717) is 12.5 Å². The normalized spacial score (nSPS) is 13.7. The van der Waals surface area contributed by atoms with Gasteiger partial charge in [-0.25, -0.2) is 4.98 Å². The molecule has 1 amide bonds. The molecule has 6 nitrogen and oxygen atoms in total. The first-order valence-electron chi connectivity index (χ1n) is 11.5. The number of hydrogen-bond acceptors (Lipinski definition) is 5. The summed E-state index contributed by atoms with van der Waals surface area (Å²) < 4.78 is 5.69. The van der Waals surface area contributed by atoms with Crippen LogP contribution in [0.5, 0.6) is 0 Å². The number of nitrogens with one attached hydrogen (secondary N) is 2. The molecule has 0 radical (unpaired) electrons. The van der Waals surface area contributed by atoms with Crippen molar-refractivity contribution in [2.45, 2.75) is 32.3 Å². The van der Waals surface area contributed by atoms with Crippen LogP contribution in [-0.2, 0) is 16.1 Å². The first kappa shape index (κ1) is 25.6. The van der Waals surface area contributed by atoms with Crippen molar-refractivity contribution in [2.75, 3.05) is 44.7 Å². The summed E-state index contributed by atoms with van der Waals surface area (Å²) in [7, 11) is 1.95. The molecule has 1 aromatic carbocycles. The quantitative estimate of drug-likeness (QED) is 0.367. The average Bonchev–Trinajstić information content (AvgIpc) is 3.38. The Morgan fingerprint density at radius 2 is 1.97 bits per heavy atom. The van der Waals surface area contributed by atoms with Crippen molar-refractivity contribution < 1.29 is 9.53 Å². The SMILES string of the molecule is C=Cc1ccnc(N2CCCC2)c1.CNCC(CCNC=O)CCOCc1ccccc1. The summed E-state index contributed by atoms with van der Waals surface area (Å²) in [5.41, 5.74) is 2.35. The summed E-state index contributed by atoms with van der Waals surface area (Å²) in [5.74, 6) is 1.63. The van der Waals surface area contributed by atoms with E-state index < -0.39 is 0 Å². The van der Waals surface area contributed by atoms with Crippen LogP contribution in [-0.4, -0.2) is 51.2 Å². The van der Waals surface area contributed by atoms with Crippen LogP contribution >= 0.6 is 0 Å². The van der Waals surface area contributed by atoms with E-state index in [9.17, 15) is 4.79 Å². The third kappa shape index (κ3) is 10.1. The van der Waals surface area contributed by atoms with Gasteiger partial charge in [-0.05, 0) is 68.5 Å². The molecule has 3 rings (SSSR count). The molecule has 0 spiro atoms. The minimum atomic E-state index is 0.535. The standard InChI is InChI=1S/C15H24N2O2.C11H14N2/c1-16-11-14(7-9-17-13-18)8-10-19-12-15-5-3-2-4-6-15;1-2-10-5-6-12-11(9-10)13-7-3-4-8-13/h2-6,13-14,16H,7-12H2,1H3,(H,17,18);2,5-6,9H,1,3-4,7-8H2. The third-order valence-electron chi connectivity index (χ3n) is 5.49. The van der Waals surface area contributed by atoms with Crippen molar-refractivity contribution in [3.8, 4) is 0 Å². The van der Waals surface area contributed by atoms with Crippen LogP contribution in [0.15, 0.2) is 55.2 Å². The maximum absolute atomic E-state index is 10.2. The van der Waals surface area contributed by atoms with Crippen LogP contribution in [0.4, 0.5) is 5.82 Å². The molecular formula is C26H38N4O2. The highest BCUT2D eigenvalue weighted by Gasteiger charge is 2.12. The molecule has 1 aromatic heterocycles. The fraction of sp³-hybridized carbons (Fsp3) is 0.462. The second-order valence-electron chi connectivity index (χ2n) is 7.96. The summed E-state index contributed by atoms with van der Waals surface area (Å²) in [6.45, 7) is 9.15. The molecule has 1 aliphatic rings. The number of ether oxygens (including phenoxy) is 1. The molecule has 1 aliphatic heterocycles. The molecular weight excluding hydrogens is 400 g/mol. The number of carbonyl (C=O) groups is 1. The van der Waals surface area contributed by atoms with Crippen molar-refractivity contribution in [2.24, 2.45) is 5.92 Å². The average molecular weight is 439 g/mol. The first-order valence-corrected chi connectivity index (χ1v) is 11.5. The summed E-state index contributed by atoms with van der Waals surface area (Å²) in [4.78, 5) is 16.9. The van der Waals surface area contributed by atoms with Gasteiger partial charge in [-0.3, -0.25) is 4.79 Å². The van der Waals surface area contributed by atoms with Gasteiger partial charge in [-0.1, -0.05) is 43.0 Å². The van der Waals surface area contributed by atoms with E-state index in [4.69, 9.17) is 4.74 Å². The lowest BCUT2D eigenvalue weighted by atomic mass is 10.0. The Kier molecular flexibility index (Phi) is 12.8. The molecule has 0 aliphatic carbocycles. The highest BCUT2D eigenvalue weighted by atomic mass is 16.5. The Morgan fingerprint density at radius 3 is 2.66 bits per heavy atom. The molecule has 6 heteroatoms. The van der Waals surface area contributed by atoms with Crippen LogP contribution in [0.1, 0.15) is 36.8 Å². The topological polar surface area (TPSA) is 66.5 Å². The van der Waals surface area contributed by atoms with Crippen molar-refractivity contribution >= 4 is 18.3 Å². The summed E-state index contributed by atoms with van der Waals surface area (Å²) in [6, 6.07) is 14.3. The molecule has 1 unspecified atom stereocenters. The van der Waals surface area contributed by atoms with E-state index in [1.807, 2.05) is 43.6 Å². The Labute approximate surface area is 193 Å². The second kappa shape index (κ2) is 16.0. The zero-order valence-electron chi connectivity index (χ0n) is 19.3. The van der Waals surface area contributed by atoms with Gasteiger partial charge in [-0.15, -0.1) is 0 Å². The molecule has 0 bridgehead atoms. The van der Waals surface area contributed by atoms with Gasteiger partial charge in [0, 0.05) is 32.4 Å². The Balaban J connectivity index is 0.000000242. The number of amides is 1. The summed E-state index contributed by atoms with van der Waals surface area (Å²) in [5, 5.41) is 5.89. The maximum Gasteiger partial charge on any atom is 0.207 e. The molecule has 1 atom stereocenters. The van der Waals surface area contributed by atoms with Gasteiger partial charge >= 0.3 is 0 Å². The van der Waals surface area contributed by atoms with Crippen LogP contribution in [0, 0.1) is 5.92 Å². The van der Waals surface area contributed by atoms with E-state index in [1.54, 1.807) is 0 Å². The second-order valence-corrected chi connectivity index (χ2v) is 7.96. The fourth-order valence-electron chi connectivity index (χ4n) is 3.68. The van der Waals surface area contributed by atoms with Crippen molar-refractivity contribution in [1.82, 2.24) is 15.6 Å². The smallest absolute Gasteiger partial charge is 0.207 e. The zero-order chi connectivity index (χ0) is 22.9. The van der Waals surface area contributed by atoms with E-state index >= 15 is 0 Å². The summed E-state index contributed by atoms with van der Waals surface area (Å²) >= 11 is 0. The number of benzene rings is 1. The lowest BCUT2D eigenvalue weighted by molar-refractivity contribution is -0.109. The van der Waals surface area contributed by atoms with E-state index in [-0.39, 0.29) is 0 Å². The van der Waals surface area contributed by atoms with Gasteiger partial charge in [0.15, 0.2) is 0 Å². The molecule has 174 valence electrons. The molecule has 1 fully saturated rings. The van der Waals surface area contributed by atoms with Crippen molar-refractivity contribution in [3.05, 3.63) is 66.4 Å². The molecule has 0 saturated carbocycles. The number of anilines is 1. The molecule has 2 N–H and O–H groups in total. The first-order chi connectivity index (χ1) is 15.8. The Bertz CT molecular complexity index is 763. The van der Waals surface area contributed by atoms with Gasteiger partial charge in [0.1, 0.15) is 5.82 Å². The van der Waals surface area contributed by atoms with Gasteiger partial charge < -0.3 is 20.3 Å². The van der Waals surface area contributed by atoms with Gasteiger partial charge in [0.05, 0.1) is 6.61 Å². The predicted octanol–water partition coefficient (Wildman–Crippen LogP) is 3.89. The maximum atomic E-state index is 10.2. The zero-order valence-corrected chi connectivity index (χ0v) is 19.3. The van der Waals surface area contributed by atoms with Crippen LogP contribution in [0.3, 0.4) is 0 Å². The number of aromatic nitrogens is 1. The highest BCUT2D eigenvalue weighted by Crippen LogP contribution is 2.18. The number of hydrogen-bond donors (Lipinski definition) is 2. The summed E-state index contributed by atoms with van der Waals surface area (Å²) in [6.07, 6.45) is 9.04. The van der Waals surface area contributed by atoms with Gasteiger partial charge in [-0.2, -0.15) is 0 Å². The largest absolute Gasteiger partial charge is 0.377 e. The van der Waals surface area contributed by atoms with E-state index in [1.165, 1.54) is 18.4 Å². The van der Waals surface area contributed by atoms with Crippen LogP contribution in [0.2, 0.25) is 0 Å². The van der Waals surface area contributed by atoms with Crippen molar-refractivity contribution in [1.29, 1.82) is 0 Å². The Morgan fingerprint density at radius 1 is 1.19 bits per heavy atom. The minimum Gasteiger partial charge on any atom is -0.377 e. The lowest BCUT2D eigenvalue weighted by Gasteiger charge is -2.16. The number of carbonyl (C=O) groups excluding carboxylic acids is 1. The highest BCUT2D eigenvalue weighted by molar-refractivity contribution is 5.53. The molecule has 2 heterocycles. The third-order valence-corrected chi connectivity index (χ3v) is 5.49. The molecule has 32 heavy (non-hydrogen) atoms. The number of nitrogens with zero attached hydrogens (tertiary/aromatic N) is 2. The molecule has 1 saturated heterocycles. The van der Waals surface area contributed by atoms with Crippen molar-refractivity contribution in [3.63, 3.8) is 0 Å². The lowest BCUT2D eigenvalue weighted by Crippen LogP contribution is -2.24.